The standard InChI is InChI=1S/C28H28ClNO4/c1-28(18-21-7-10-24(29)11-8-21)19-23-17-22(9-12-25(23)34-28)27(33)30(16-14-26(31)32)15-13-20-5-3-2-4-6-20/h2-12,17H,13-16,18-19H2,1H3,(H,31,32)/t28-/m0/s1. The molecule has 5 nitrogen and oxygen atoms in total. The molecule has 0 aromatic heterocycles. The van der Waals surface area contributed by atoms with Crippen molar-refractivity contribution >= 4 is 23.5 Å². The van der Waals surface area contributed by atoms with E-state index >= 15 is 0 Å². The second-order valence-corrected chi connectivity index (χ2v) is 9.46. The molecule has 0 radical (unpaired) electrons. The average molecular weight is 478 g/mol. The maximum atomic E-state index is 13.3. The first kappa shape index (κ1) is 23.8. The summed E-state index contributed by atoms with van der Waals surface area (Å²) in [6, 6.07) is 23.1. The van der Waals surface area contributed by atoms with Crippen LogP contribution in [0.2, 0.25) is 5.02 Å². The first-order chi connectivity index (χ1) is 16.3. The number of carboxylic acids is 1. The van der Waals surface area contributed by atoms with Gasteiger partial charge in [0.05, 0.1) is 6.42 Å². The van der Waals surface area contributed by atoms with Crippen molar-refractivity contribution in [3.05, 3.63) is 100 Å². The Morgan fingerprint density at radius 2 is 1.74 bits per heavy atom. The predicted molar refractivity (Wildman–Crippen MR) is 133 cm³/mol. The molecule has 0 unspecified atom stereocenters. The van der Waals surface area contributed by atoms with Crippen molar-refractivity contribution in [2.24, 2.45) is 0 Å². The van der Waals surface area contributed by atoms with Crippen LogP contribution in [0.25, 0.3) is 0 Å². The maximum absolute atomic E-state index is 13.3. The second-order valence-electron chi connectivity index (χ2n) is 9.03. The molecule has 1 heterocycles. The molecular formula is C28H28ClNO4. The molecule has 0 aliphatic carbocycles. The summed E-state index contributed by atoms with van der Waals surface area (Å²) >= 11 is 6.01. The fourth-order valence-electron chi connectivity index (χ4n) is 4.42. The Morgan fingerprint density at radius 1 is 1.00 bits per heavy atom. The number of rotatable bonds is 9. The minimum absolute atomic E-state index is 0.0895. The van der Waals surface area contributed by atoms with E-state index in [0.29, 0.717) is 30.0 Å². The van der Waals surface area contributed by atoms with E-state index in [1.54, 1.807) is 11.0 Å². The minimum Gasteiger partial charge on any atom is -0.487 e. The first-order valence-corrected chi connectivity index (χ1v) is 11.8. The lowest BCUT2D eigenvalue weighted by Crippen LogP contribution is -2.35. The molecule has 176 valence electrons. The zero-order chi connectivity index (χ0) is 24.1. The van der Waals surface area contributed by atoms with Gasteiger partial charge in [-0.3, -0.25) is 9.59 Å². The molecule has 4 rings (SSSR count). The highest BCUT2D eigenvalue weighted by atomic mass is 35.5. The number of hydrogen-bond acceptors (Lipinski definition) is 3. The van der Waals surface area contributed by atoms with Gasteiger partial charge in [0.15, 0.2) is 0 Å². The predicted octanol–water partition coefficient (Wildman–Crippen LogP) is 5.44. The third kappa shape index (κ3) is 5.97. The van der Waals surface area contributed by atoms with E-state index in [-0.39, 0.29) is 18.9 Å². The van der Waals surface area contributed by atoms with Crippen molar-refractivity contribution in [2.45, 2.75) is 38.2 Å². The fourth-order valence-corrected chi connectivity index (χ4v) is 4.55. The molecule has 0 spiro atoms. The van der Waals surface area contributed by atoms with Crippen LogP contribution in [0.4, 0.5) is 0 Å². The van der Waals surface area contributed by atoms with E-state index in [9.17, 15) is 9.59 Å². The number of carboxylic acid groups (broad SMARTS) is 1. The number of aliphatic carboxylic acids is 1. The van der Waals surface area contributed by atoms with Crippen molar-refractivity contribution in [2.75, 3.05) is 13.1 Å². The molecule has 0 bridgehead atoms. The molecule has 1 N–H and O–H groups in total. The van der Waals surface area contributed by atoms with Gasteiger partial charge in [-0.2, -0.15) is 0 Å². The van der Waals surface area contributed by atoms with Crippen LogP contribution in [0.1, 0.15) is 40.4 Å². The van der Waals surface area contributed by atoms with E-state index < -0.39 is 11.6 Å². The lowest BCUT2D eigenvalue weighted by molar-refractivity contribution is -0.137. The highest BCUT2D eigenvalue weighted by molar-refractivity contribution is 6.30. The summed E-state index contributed by atoms with van der Waals surface area (Å²) in [7, 11) is 0. The summed E-state index contributed by atoms with van der Waals surface area (Å²) in [6.45, 7) is 2.70. The number of ether oxygens (including phenoxy) is 1. The Bertz CT molecular complexity index is 1160. The molecule has 1 aliphatic heterocycles. The van der Waals surface area contributed by atoms with Crippen LogP contribution in [0.3, 0.4) is 0 Å². The van der Waals surface area contributed by atoms with Crippen LogP contribution in [0.15, 0.2) is 72.8 Å². The lowest BCUT2D eigenvalue weighted by atomic mass is 9.91. The van der Waals surface area contributed by atoms with Gasteiger partial charge in [0.1, 0.15) is 11.4 Å². The number of hydrogen-bond donors (Lipinski definition) is 1. The Labute approximate surface area is 204 Å². The van der Waals surface area contributed by atoms with E-state index in [1.807, 2.05) is 66.7 Å². The first-order valence-electron chi connectivity index (χ1n) is 11.4. The lowest BCUT2D eigenvalue weighted by Gasteiger charge is -2.24. The van der Waals surface area contributed by atoms with Crippen LogP contribution in [-0.2, 0) is 24.1 Å². The smallest absolute Gasteiger partial charge is 0.305 e. The monoisotopic (exact) mass is 477 g/mol. The number of carbonyl (C=O) groups excluding carboxylic acids is 1. The number of carbonyl (C=O) groups is 2. The highest BCUT2D eigenvalue weighted by Crippen LogP contribution is 2.37. The normalized spacial score (nSPS) is 16.5. The summed E-state index contributed by atoms with van der Waals surface area (Å²) in [5, 5.41) is 9.86. The molecule has 1 amide bonds. The van der Waals surface area contributed by atoms with Crippen molar-refractivity contribution in [1.29, 1.82) is 0 Å². The number of nitrogens with zero attached hydrogens (tertiary/aromatic N) is 1. The summed E-state index contributed by atoms with van der Waals surface area (Å²) in [5.74, 6) is -0.293. The van der Waals surface area contributed by atoms with Gasteiger partial charge in [-0.05, 0) is 60.4 Å². The van der Waals surface area contributed by atoms with Gasteiger partial charge in [0, 0.05) is 36.5 Å². The van der Waals surface area contributed by atoms with Gasteiger partial charge in [-0.1, -0.05) is 54.1 Å². The van der Waals surface area contributed by atoms with E-state index in [1.165, 1.54) is 0 Å². The minimum atomic E-state index is -0.919. The van der Waals surface area contributed by atoms with Crippen LogP contribution < -0.4 is 4.74 Å². The second kappa shape index (κ2) is 10.3. The zero-order valence-corrected chi connectivity index (χ0v) is 19.9. The molecule has 0 saturated carbocycles. The zero-order valence-electron chi connectivity index (χ0n) is 19.2. The van der Waals surface area contributed by atoms with Crippen LogP contribution >= 0.6 is 11.6 Å². The third-order valence-electron chi connectivity index (χ3n) is 6.12. The van der Waals surface area contributed by atoms with Crippen molar-refractivity contribution < 1.29 is 19.4 Å². The fraction of sp³-hybridized carbons (Fsp3) is 0.286. The molecule has 6 heteroatoms. The molecule has 1 atom stereocenters. The van der Waals surface area contributed by atoms with Gasteiger partial charge >= 0.3 is 5.97 Å². The van der Waals surface area contributed by atoms with Crippen LogP contribution in [-0.4, -0.2) is 40.6 Å². The topological polar surface area (TPSA) is 66.8 Å². The van der Waals surface area contributed by atoms with Crippen molar-refractivity contribution in [1.82, 2.24) is 4.90 Å². The highest BCUT2D eigenvalue weighted by Gasteiger charge is 2.35. The molecule has 3 aromatic rings. The quantitative estimate of drug-likeness (QED) is 0.446. The number of halogens is 1. The molecule has 3 aromatic carbocycles. The summed E-state index contributed by atoms with van der Waals surface area (Å²) < 4.78 is 6.27. The molecule has 34 heavy (non-hydrogen) atoms. The van der Waals surface area contributed by atoms with Crippen LogP contribution in [0.5, 0.6) is 5.75 Å². The summed E-state index contributed by atoms with van der Waals surface area (Å²) in [6.07, 6.45) is 1.99. The van der Waals surface area contributed by atoms with Crippen molar-refractivity contribution in [3.63, 3.8) is 0 Å². The van der Waals surface area contributed by atoms with Crippen molar-refractivity contribution in [3.8, 4) is 5.75 Å². The van der Waals surface area contributed by atoms with Gasteiger partial charge in [0.2, 0.25) is 0 Å². The SMILES string of the molecule is C[C@]1(Cc2ccc(Cl)cc2)Cc2cc(C(=O)N(CCC(=O)O)CCc3ccccc3)ccc2O1. The van der Waals surface area contributed by atoms with E-state index in [4.69, 9.17) is 21.4 Å². The Hall–Kier alpha value is -3.31. The molecular weight excluding hydrogens is 450 g/mol. The number of benzene rings is 3. The van der Waals surface area contributed by atoms with Gasteiger partial charge in [-0.25, -0.2) is 0 Å². The molecule has 0 saturated heterocycles. The van der Waals surface area contributed by atoms with Gasteiger partial charge in [0.25, 0.3) is 5.91 Å². The maximum Gasteiger partial charge on any atom is 0.305 e. The third-order valence-corrected chi connectivity index (χ3v) is 6.37. The molecule has 1 aliphatic rings. The van der Waals surface area contributed by atoms with E-state index in [2.05, 4.69) is 6.92 Å². The Morgan fingerprint density at radius 3 is 2.44 bits per heavy atom. The largest absolute Gasteiger partial charge is 0.487 e. The Balaban J connectivity index is 1.47. The number of amides is 1. The summed E-state index contributed by atoms with van der Waals surface area (Å²) in [4.78, 5) is 26.1. The molecule has 0 fully saturated rings. The van der Waals surface area contributed by atoms with Crippen LogP contribution in [0, 0.1) is 0 Å². The van der Waals surface area contributed by atoms with Gasteiger partial charge < -0.3 is 14.7 Å². The number of fused-ring (bicyclic) bond motifs is 1. The Kier molecular flexibility index (Phi) is 7.23. The van der Waals surface area contributed by atoms with E-state index in [0.717, 1.165) is 28.9 Å². The average Bonchev–Trinajstić information content (AvgIpc) is 3.15. The summed E-state index contributed by atoms with van der Waals surface area (Å²) in [5.41, 5.74) is 3.38. The van der Waals surface area contributed by atoms with Gasteiger partial charge in [-0.15, -0.1) is 0 Å².